The van der Waals surface area contributed by atoms with Crippen molar-refractivity contribution in [1.29, 1.82) is 0 Å². The van der Waals surface area contributed by atoms with Crippen molar-refractivity contribution < 1.29 is 19.4 Å². The van der Waals surface area contributed by atoms with E-state index in [1.165, 1.54) is 0 Å². The minimum Gasteiger partial charge on any atom is -0.507 e. The van der Waals surface area contributed by atoms with Gasteiger partial charge in [0.25, 0.3) is 5.91 Å². The van der Waals surface area contributed by atoms with Gasteiger partial charge in [-0.1, -0.05) is 19.8 Å². The average molecular weight is 539 g/mol. The van der Waals surface area contributed by atoms with E-state index >= 15 is 0 Å². The number of likely N-dealkylation sites (tertiary alicyclic amines) is 1. The van der Waals surface area contributed by atoms with Gasteiger partial charge >= 0.3 is 0 Å². The SMILES string of the molecule is CCCCC(NC(=O)c1ccc(N2CCN(C)CC2)cc1O)C(=O)Nc1ccc(OC2CCN(C)CC2)nc1. The van der Waals surface area contributed by atoms with Gasteiger partial charge in [-0.2, -0.15) is 0 Å². The lowest BCUT2D eigenvalue weighted by Gasteiger charge is -2.34. The van der Waals surface area contributed by atoms with E-state index in [9.17, 15) is 14.7 Å². The number of nitrogens with one attached hydrogen (secondary N) is 2. The number of amides is 2. The summed E-state index contributed by atoms with van der Waals surface area (Å²) in [4.78, 5) is 37.3. The number of carbonyl (C=O) groups excluding carboxylic acids is 2. The topological polar surface area (TPSA) is 110 Å². The first-order valence-corrected chi connectivity index (χ1v) is 14.0. The molecule has 2 amide bonds. The van der Waals surface area contributed by atoms with E-state index < -0.39 is 11.9 Å². The summed E-state index contributed by atoms with van der Waals surface area (Å²) in [6, 6.07) is 7.87. The molecule has 39 heavy (non-hydrogen) atoms. The van der Waals surface area contributed by atoms with Crippen molar-refractivity contribution in [3.05, 3.63) is 42.1 Å². The number of nitrogens with zero attached hydrogens (tertiary/aromatic N) is 4. The molecule has 3 N–H and O–H groups in total. The standard InChI is InChI=1S/C29H42N6O4/c1-4-5-6-25(29(38)31-21-7-10-27(30-20-21)39-23-11-13-33(2)14-12-23)32-28(37)24-9-8-22(19-26(24)36)35-17-15-34(3)16-18-35/h7-10,19-20,23,25,36H,4-6,11-18H2,1-3H3,(H,31,38)(H,32,37). The number of aromatic nitrogens is 1. The van der Waals surface area contributed by atoms with E-state index in [0.29, 0.717) is 18.0 Å². The third-order valence-electron chi connectivity index (χ3n) is 7.52. The number of unbranched alkanes of at least 4 members (excludes halogenated alkanes) is 1. The minimum atomic E-state index is -0.746. The van der Waals surface area contributed by atoms with Crippen LogP contribution in [-0.4, -0.2) is 97.2 Å². The summed E-state index contributed by atoms with van der Waals surface area (Å²) < 4.78 is 5.99. The zero-order valence-electron chi connectivity index (χ0n) is 23.4. The monoisotopic (exact) mass is 538 g/mol. The number of hydrogen-bond donors (Lipinski definition) is 3. The zero-order chi connectivity index (χ0) is 27.8. The molecule has 212 valence electrons. The molecular formula is C29H42N6O4. The highest BCUT2D eigenvalue weighted by Gasteiger charge is 2.24. The first-order valence-electron chi connectivity index (χ1n) is 14.0. The Balaban J connectivity index is 1.35. The Morgan fingerprint density at radius 1 is 1.05 bits per heavy atom. The van der Waals surface area contributed by atoms with Gasteiger partial charge in [-0.05, 0) is 51.6 Å². The summed E-state index contributed by atoms with van der Waals surface area (Å²) in [5.41, 5.74) is 1.57. The summed E-state index contributed by atoms with van der Waals surface area (Å²) in [6.07, 6.45) is 5.79. The Morgan fingerprint density at radius 3 is 2.41 bits per heavy atom. The van der Waals surface area contributed by atoms with E-state index in [2.05, 4.69) is 44.4 Å². The first kappa shape index (κ1) is 28.6. The fraction of sp³-hybridized carbons (Fsp3) is 0.552. The zero-order valence-corrected chi connectivity index (χ0v) is 23.4. The lowest BCUT2D eigenvalue weighted by molar-refractivity contribution is -0.118. The van der Waals surface area contributed by atoms with Crippen LogP contribution in [0.2, 0.25) is 0 Å². The summed E-state index contributed by atoms with van der Waals surface area (Å²) in [7, 11) is 4.20. The molecule has 10 nitrogen and oxygen atoms in total. The number of benzene rings is 1. The van der Waals surface area contributed by atoms with E-state index in [0.717, 1.165) is 70.6 Å². The average Bonchev–Trinajstić information content (AvgIpc) is 2.93. The molecule has 2 fully saturated rings. The molecule has 0 aliphatic carbocycles. The van der Waals surface area contributed by atoms with Crippen LogP contribution < -0.4 is 20.3 Å². The first-order chi connectivity index (χ1) is 18.8. The van der Waals surface area contributed by atoms with E-state index in [1.54, 1.807) is 30.5 Å². The van der Waals surface area contributed by atoms with Crippen molar-refractivity contribution in [2.75, 3.05) is 63.6 Å². The van der Waals surface area contributed by atoms with Gasteiger partial charge < -0.3 is 35.2 Å². The van der Waals surface area contributed by atoms with Crippen LogP contribution in [-0.2, 0) is 4.79 Å². The van der Waals surface area contributed by atoms with E-state index in [1.807, 2.05) is 13.0 Å². The normalized spacial score (nSPS) is 18.0. The van der Waals surface area contributed by atoms with Crippen molar-refractivity contribution in [2.24, 2.45) is 0 Å². The van der Waals surface area contributed by atoms with Gasteiger partial charge in [-0.15, -0.1) is 0 Å². The second-order valence-electron chi connectivity index (χ2n) is 10.7. The molecule has 0 bridgehead atoms. The van der Waals surface area contributed by atoms with Gasteiger partial charge in [0.05, 0.1) is 17.4 Å². The van der Waals surface area contributed by atoms with Gasteiger partial charge in [-0.25, -0.2) is 4.98 Å². The molecule has 1 atom stereocenters. The number of pyridine rings is 1. The summed E-state index contributed by atoms with van der Waals surface area (Å²) in [5.74, 6) is -0.360. The molecule has 2 aliphatic heterocycles. The van der Waals surface area contributed by atoms with Gasteiger partial charge in [-0.3, -0.25) is 9.59 Å². The quantitative estimate of drug-likeness (QED) is 0.424. The molecule has 1 aromatic heterocycles. The summed E-state index contributed by atoms with van der Waals surface area (Å²) in [5, 5.41) is 16.3. The smallest absolute Gasteiger partial charge is 0.255 e. The second-order valence-corrected chi connectivity index (χ2v) is 10.7. The van der Waals surface area contributed by atoms with Crippen LogP contribution >= 0.6 is 0 Å². The molecule has 4 rings (SSSR count). The Labute approximate surface area is 231 Å². The fourth-order valence-electron chi connectivity index (χ4n) is 4.91. The molecule has 1 aromatic carbocycles. The number of carbonyl (C=O) groups is 2. The molecule has 2 saturated heterocycles. The number of rotatable bonds is 10. The maximum atomic E-state index is 13.1. The van der Waals surface area contributed by atoms with Crippen LogP contribution in [0.25, 0.3) is 0 Å². The molecule has 3 heterocycles. The van der Waals surface area contributed by atoms with Gasteiger partial charge in [0.2, 0.25) is 11.8 Å². The highest BCUT2D eigenvalue weighted by atomic mass is 16.5. The highest BCUT2D eigenvalue weighted by Crippen LogP contribution is 2.26. The van der Waals surface area contributed by atoms with Crippen LogP contribution in [0.3, 0.4) is 0 Å². The van der Waals surface area contributed by atoms with Crippen molar-refractivity contribution in [2.45, 2.75) is 51.2 Å². The Kier molecular flexibility index (Phi) is 10.00. The predicted octanol–water partition coefficient (Wildman–Crippen LogP) is 2.94. The number of phenols is 1. The molecule has 1 unspecified atom stereocenters. The number of ether oxygens (including phenoxy) is 1. The lowest BCUT2D eigenvalue weighted by atomic mass is 10.1. The van der Waals surface area contributed by atoms with Gasteiger partial charge in [0.1, 0.15) is 17.9 Å². The Morgan fingerprint density at radius 2 is 1.77 bits per heavy atom. The maximum absolute atomic E-state index is 13.1. The second kappa shape index (κ2) is 13.6. The van der Waals surface area contributed by atoms with Crippen molar-refractivity contribution >= 4 is 23.2 Å². The number of phenolic OH excluding ortho intramolecular Hbond substituents is 1. The lowest BCUT2D eigenvalue weighted by Crippen LogP contribution is -2.44. The molecule has 2 aliphatic rings. The predicted molar refractivity (Wildman–Crippen MR) is 153 cm³/mol. The van der Waals surface area contributed by atoms with Crippen LogP contribution in [0.4, 0.5) is 11.4 Å². The van der Waals surface area contributed by atoms with E-state index in [4.69, 9.17) is 4.74 Å². The van der Waals surface area contributed by atoms with Crippen LogP contribution in [0.1, 0.15) is 49.4 Å². The third kappa shape index (κ3) is 8.06. The molecule has 10 heteroatoms. The number of likely N-dealkylation sites (N-methyl/N-ethyl adjacent to an activating group) is 1. The fourth-order valence-corrected chi connectivity index (χ4v) is 4.91. The summed E-state index contributed by atoms with van der Waals surface area (Å²) in [6.45, 7) is 7.65. The molecule has 0 radical (unpaired) electrons. The Bertz CT molecular complexity index is 1100. The molecule has 0 saturated carbocycles. The van der Waals surface area contributed by atoms with Crippen molar-refractivity contribution in [3.63, 3.8) is 0 Å². The number of hydrogen-bond acceptors (Lipinski definition) is 8. The van der Waals surface area contributed by atoms with Crippen LogP contribution in [0.5, 0.6) is 11.6 Å². The maximum Gasteiger partial charge on any atom is 0.255 e. The Hall–Kier alpha value is -3.37. The van der Waals surface area contributed by atoms with E-state index in [-0.39, 0.29) is 23.3 Å². The summed E-state index contributed by atoms with van der Waals surface area (Å²) >= 11 is 0. The van der Waals surface area contributed by atoms with Gasteiger partial charge in [0.15, 0.2) is 0 Å². The van der Waals surface area contributed by atoms with Crippen molar-refractivity contribution in [3.8, 4) is 11.6 Å². The number of anilines is 2. The largest absolute Gasteiger partial charge is 0.507 e. The number of piperazine rings is 1. The molecular weight excluding hydrogens is 496 g/mol. The van der Waals surface area contributed by atoms with Crippen molar-refractivity contribution in [1.82, 2.24) is 20.1 Å². The van der Waals surface area contributed by atoms with Crippen LogP contribution in [0, 0.1) is 0 Å². The third-order valence-corrected chi connectivity index (χ3v) is 7.52. The van der Waals surface area contributed by atoms with Gasteiger partial charge in [0, 0.05) is 57.1 Å². The highest BCUT2D eigenvalue weighted by molar-refractivity contribution is 6.02. The number of piperidine rings is 1. The number of aromatic hydroxyl groups is 1. The molecule has 0 spiro atoms. The minimum absolute atomic E-state index is 0.0945. The molecule has 2 aromatic rings. The van der Waals surface area contributed by atoms with Crippen LogP contribution in [0.15, 0.2) is 36.5 Å².